The Morgan fingerprint density at radius 1 is 0.979 bits per heavy atom. The van der Waals surface area contributed by atoms with Crippen molar-refractivity contribution in [3.05, 3.63) is 87.4 Å². The molecule has 4 aliphatic rings. The van der Waals surface area contributed by atoms with Gasteiger partial charge in [-0.1, -0.05) is 11.6 Å². The van der Waals surface area contributed by atoms with Gasteiger partial charge < -0.3 is 14.7 Å². The molecule has 248 valence electrons. The number of benzene rings is 2. The van der Waals surface area contributed by atoms with E-state index >= 15 is 0 Å². The minimum Gasteiger partial charge on any atom is -0.503 e. The number of methoxy groups -OCH3 is 1. The first-order valence-electron chi connectivity index (χ1n) is 14.6. The molecule has 1 saturated heterocycles. The number of ether oxygens (including phenoxy) is 1. The van der Waals surface area contributed by atoms with Gasteiger partial charge in [-0.15, -0.1) is 0 Å². The lowest BCUT2D eigenvalue weighted by molar-refractivity contribution is -0.392. The smallest absolute Gasteiger partial charge is 0.301 e. The molecule has 6 rings (SSSR count). The van der Waals surface area contributed by atoms with E-state index in [9.17, 15) is 44.5 Å². The molecule has 2 aromatic rings. The van der Waals surface area contributed by atoms with Crippen LogP contribution in [0.1, 0.15) is 31.2 Å². The summed E-state index contributed by atoms with van der Waals surface area (Å²) >= 11 is 6.88. The summed E-state index contributed by atoms with van der Waals surface area (Å²) in [4.78, 5) is 79.9. The number of aromatic hydroxyl groups is 1. The van der Waals surface area contributed by atoms with Gasteiger partial charge in [0.1, 0.15) is 0 Å². The van der Waals surface area contributed by atoms with Crippen molar-refractivity contribution in [2.24, 2.45) is 17.8 Å². The maximum absolute atomic E-state index is 14.3. The van der Waals surface area contributed by atoms with Crippen molar-refractivity contribution in [2.75, 3.05) is 31.0 Å². The molecule has 0 bridgehead atoms. The van der Waals surface area contributed by atoms with E-state index in [4.69, 9.17) is 4.74 Å². The maximum Gasteiger partial charge on any atom is 0.301 e. The number of fused-ring (bicyclic) bond motifs is 3. The molecule has 4 atom stereocenters. The summed E-state index contributed by atoms with van der Waals surface area (Å²) in [6, 6.07) is 3.49. The van der Waals surface area contributed by atoms with Crippen LogP contribution in [0.5, 0.6) is 11.5 Å². The second kappa shape index (κ2) is 11.8. The highest BCUT2D eigenvalue weighted by atomic mass is 79.9. The molecule has 14 nitrogen and oxygen atoms in total. The van der Waals surface area contributed by atoms with E-state index < -0.39 is 62.5 Å². The number of carbonyl (C=O) groups is 4. The van der Waals surface area contributed by atoms with Crippen LogP contribution in [-0.4, -0.2) is 59.5 Å². The molecule has 1 N–H and O–H groups in total. The molecular weight excluding hydrogens is 760 g/mol. The SMILES string of the molecule is COc1cc([C@H]2C3=CC[C@@H]4C(=O)N(c5cc([N+](=O)[O-])c(N(C)C)c([N+](=O)[O-])c5)C(=O)[C@@H]4[C@@H]3CC3=C2C(=O)C(C)=CC3=O)c(Br)c(Br)c1O. The topological polar surface area (TPSA) is 190 Å². The van der Waals surface area contributed by atoms with E-state index in [0.717, 1.165) is 17.0 Å². The molecule has 0 radical (unpaired) electrons. The number of hydrogen-bond acceptors (Lipinski definition) is 11. The quantitative estimate of drug-likeness (QED) is 0.129. The first kappa shape index (κ1) is 33.2. The van der Waals surface area contributed by atoms with Crippen molar-refractivity contribution < 1.29 is 38.9 Å². The third-order valence-corrected chi connectivity index (χ3v) is 11.6. The van der Waals surface area contributed by atoms with E-state index in [2.05, 4.69) is 31.9 Å². The van der Waals surface area contributed by atoms with Crippen LogP contribution in [0, 0.1) is 38.0 Å². The molecule has 2 aromatic carbocycles. The Morgan fingerprint density at radius 2 is 1.60 bits per heavy atom. The zero-order valence-corrected chi connectivity index (χ0v) is 28.9. The number of rotatable bonds is 6. The van der Waals surface area contributed by atoms with Gasteiger partial charge in [-0.3, -0.25) is 39.4 Å². The molecule has 1 heterocycles. The van der Waals surface area contributed by atoms with Gasteiger partial charge in [0.05, 0.1) is 39.0 Å². The lowest BCUT2D eigenvalue weighted by atomic mass is 9.59. The summed E-state index contributed by atoms with van der Waals surface area (Å²) < 4.78 is 6.00. The normalized spacial score (nSPS) is 23.3. The van der Waals surface area contributed by atoms with Crippen LogP contribution in [-0.2, 0) is 19.2 Å². The van der Waals surface area contributed by atoms with E-state index in [1.165, 1.54) is 39.1 Å². The molecule has 1 aliphatic heterocycles. The standard InChI is InChI=1S/C32H26Br2N4O10/c1-12-7-21(39)17-10-16-14(23(25(17)29(12)40)18-11-22(48-4)30(41)27(34)26(18)33)5-6-15-24(16)32(43)36(31(15)42)13-8-19(37(44)45)28(35(2)3)20(9-13)38(46)47/h5,7-9,11,15-16,23-24,41H,6,10H2,1-4H3/t15-,16+,23+,24-/m0/s1. The summed E-state index contributed by atoms with van der Waals surface area (Å²) in [5.74, 6) is -5.91. The maximum atomic E-state index is 14.3. The van der Waals surface area contributed by atoms with E-state index in [1.807, 2.05) is 0 Å². The van der Waals surface area contributed by atoms with E-state index in [-0.39, 0.29) is 62.7 Å². The third kappa shape index (κ3) is 4.79. The fourth-order valence-corrected chi connectivity index (χ4v) is 8.36. The first-order chi connectivity index (χ1) is 22.6. The number of phenolic OH excluding ortho intramolecular Hbond substituents is 1. The summed E-state index contributed by atoms with van der Waals surface area (Å²) in [7, 11) is 4.16. The van der Waals surface area contributed by atoms with Crippen LogP contribution >= 0.6 is 31.9 Å². The molecule has 16 heteroatoms. The van der Waals surface area contributed by atoms with Crippen molar-refractivity contribution in [1.82, 2.24) is 0 Å². The number of nitro groups is 2. The predicted molar refractivity (Wildman–Crippen MR) is 178 cm³/mol. The van der Waals surface area contributed by atoms with Gasteiger partial charge in [0.25, 0.3) is 0 Å². The van der Waals surface area contributed by atoms with Crippen molar-refractivity contribution in [3.63, 3.8) is 0 Å². The van der Waals surface area contributed by atoms with Crippen molar-refractivity contribution in [2.45, 2.75) is 25.7 Å². The number of ketones is 2. The molecule has 48 heavy (non-hydrogen) atoms. The molecular formula is C32H26Br2N4O10. The third-order valence-electron chi connectivity index (χ3n) is 9.42. The Hall–Kier alpha value is -4.70. The summed E-state index contributed by atoms with van der Waals surface area (Å²) in [6.45, 7) is 1.54. The van der Waals surface area contributed by atoms with Crippen molar-refractivity contribution in [1.29, 1.82) is 0 Å². The highest BCUT2D eigenvalue weighted by Gasteiger charge is 2.57. The largest absolute Gasteiger partial charge is 0.503 e. The Morgan fingerprint density at radius 3 is 2.17 bits per heavy atom. The van der Waals surface area contributed by atoms with Crippen LogP contribution in [0.25, 0.3) is 0 Å². The zero-order valence-electron chi connectivity index (χ0n) is 25.8. The molecule has 2 amide bonds. The van der Waals surface area contributed by atoms with Gasteiger partial charge in [-0.2, -0.15) is 0 Å². The molecule has 0 unspecified atom stereocenters. The number of halogens is 2. The average Bonchev–Trinajstić information content (AvgIpc) is 3.30. The van der Waals surface area contributed by atoms with Gasteiger partial charge in [0, 0.05) is 53.3 Å². The second-order valence-corrected chi connectivity index (χ2v) is 13.7. The lowest BCUT2D eigenvalue weighted by Crippen LogP contribution is -2.40. The van der Waals surface area contributed by atoms with Crippen LogP contribution < -0.4 is 14.5 Å². The zero-order chi connectivity index (χ0) is 35.1. The Bertz CT molecular complexity index is 1980. The van der Waals surface area contributed by atoms with E-state index in [1.54, 1.807) is 12.1 Å². The summed E-state index contributed by atoms with van der Waals surface area (Å²) in [5.41, 5.74) is -0.201. The summed E-state index contributed by atoms with van der Waals surface area (Å²) in [5, 5.41) is 34.7. The molecule has 3 aliphatic carbocycles. The Labute approximate surface area is 289 Å². The van der Waals surface area contributed by atoms with E-state index in [0.29, 0.717) is 15.6 Å². The number of nitro benzene ring substituents is 2. The lowest BCUT2D eigenvalue weighted by Gasteiger charge is -2.42. The van der Waals surface area contributed by atoms with Crippen LogP contribution in [0.3, 0.4) is 0 Å². The van der Waals surface area contributed by atoms with Crippen LogP contribution in [0.15, 0.2) is 61.6 Å². The number of Topliss-reactive ketones (excluding diaryl/α,β-unsaturated/α-hetero) is 1. The number of imide groups is 1. The van der Waals surface area contributed by atoms with Gasteiger partial charge in [-0.05, 0) is 75.2 Å². The van der Waals surface area contributed by atoms with Gasteiger partial charge in [0.15, 0.2) is 28.8 Å². The van der Waals surface area contributed by atoms with Crippen molar-refractivity contribution >= 4 is 78.0 Å². The van der Waals surface area contributed by atoms with Gasteiger partial charge in [-0.25, -0.2) is 4.90 Å². The average molecular weight is 786 g/mol. The number of anilines is 2. The number of amides is 2. The number of hydrogen-bond donors (Lipinski definition) is 1. The van der Waals surface area contributed by atoms with Crippen LogP contribution in [0.2, 0.25) is 0 Å². The monoisotopic (exact) mass is 784 g/mol. The van der Waals surface area contributed by atoms with Crippen LogP contribution in [0.4, 0.5) is 22.7 Å². The molecule has 0 spiro atoms. The Balaban J connectivity index is 1.52. The molecule has 1 fully saturated rings. The fourth-order valence-electron chi connectivity index (χ4n) is 7.40. The number of nitrogens with zero attached hydrogens (tertiary/aromatic N) is 4. The molecule has 0 saturated carbocycles. The minimum atomic E-state index is -1.04. The minimum absolute atomic E-state index is 0.0338. The highest BCUT2D eigenvalue weighted by Crippen LogP contribution is 2.58. The number of allylic oxidation sites excluding steroid dienone is 6. The van der Waals surface area contributed by atoms with Gasteiger partial charge in [0.2, 0.25) is 11.8 Å². The molecule has 0 aromatic heterocycles. The van der Waals surface area contributed by atoms with Gasteiger partial charge >= 0.3 is 11.4 Å². The number of phenols is 1. The number of carbonyl (C=O) groups excluding carboxylic acids is 4. The fraction of sp³-hybridized carbons (Fsp3) is 0.312. The Kier molecular flexibility index (Phi) is 8.14. The highest BCUT2D eigenvalue weighted by molar-refractivity contribution is 9.13. The van der Waals surface area contributed by atoms with Crippen molar-refractivity contribution in [3.8, 4) is 11.5 Å². The summed E-state index contributed by atoms with van der Waals surface area (Å²) in [6.07, 6.45) is 3.05. The predicted octanol–water partition coefficient (Wildman–Crippen LogP) is 5.44. The first-order valence-corrected chi connectivity index (χ1v) is 16.2. The second-order valence-electron chi connectivity index (χ2n) is 12.1.